The van der Waals surface area contributed by atoms with Crippen LogP contribution in [0, 0.1) is 25.2 Å². The Morgan fingerprint density at radius 3 is 2.49 bits per heavy atom. The number of ether oxygens (including phenoxy) is 3. The van der Waals surface area contributed by atoms with Crippen molar-refractivity contribution < 1.29 is 24.4 Å². The lowest BCUT2D eigenvalue weighted by Gasteiger charge is -2.24. The number of tetrazole rings is 1. The van der Waals surface area contributed by atoms with Crippen LogP contribution in [0.5, 0.6) is 17.2 Å². The molecule has 5 rings (SSSR count). The molecule has 2 atom stereocenters. The number of hydrogen-bond donors (Lipinski definition) is 4. The number of aromatic nitrogens is 5. The Labute approximate surface area is 314 Å². The lowest BCUT2D eigenvalue weighted by Crippen LogP contribution is -2.30. The molecule has 2 heterocycles. The number of rotatable bonds is 19. The quantitative estimate of drug-likeness (QED) is 0.0788. The van der Waals surface area contributed by atoms with Gasteiger partial charge in [0, 0.05) is 42.7 Å². The fourth-order valence-electron chi connectivity index (χ4n) is 5.74. The highest BCUT2D eigenvalue weighted by Crippen LogP contribution is 2.37. The highest BCUT2D eigenvalue weighted by Gasteiger charge is 2.20. The number of benzene rings is 3. The van der Waals surface area contributed by atoms with Crippen molar-refractivity contribution in [3.8, 4) is 34.4 Å². The smallest absolute Gasteiger partial charge is 0.191 e. The van der Waals surface area contributed by atoms with E-state index in [2.05, 4.69) is 67.9 Å². The van der Waals surface area contributed by atoms with Gasteiger partial charge < -0.3 is 29.7 Å². The Hall–Kier alpha value is -5.10. The van der Waals surface area contributed by atoms with E-state index >= 15 is 0 Å². The molecule has 3 aromatic carbocycles. The van der Waals surface area contributed by atoms with Gasteiger partial charge in [0.2, 0.25) is 0 Å². The fourth-order valence-corrected chi connectivity index (χ4v) is 5.99. The Bertz CT molecular complexity index is 1990. The summed E-state index contributed by atoms with van der Waals surface area (Å²) in [6.45, 7) is 8.32. The van der Waals surface area contributed by atoms with Gasteiger partial charge in [0.1, 0.15) is 36.5 Å². The van der Waals surface area contributed by atoms with Crippen LogP contribution in [0.2, 0.25) is 5.02 Å². The van der Waals surface area contributed by atoms with Crippen molar-refractivity contribution in [3.63, 3.8) is 0 Å². The number of hydrogen-bond acceptors (Lipinski definition) is 12. The Morgan fingerprint density at radius 1 is 0.962 bits per heavy atom. The van der Waals surface area contributed by atoms with E-state index in [0.29, 0.717) is 54.2 Å². The molecule has 0 aliphatic rings. The summed E-state index contributed by atoms with van der Waals surface area (Å²) in [5.41, 5.74) is 7.29. The molecule has 0 aliphatic carbocycles. The molecule has 2 unspecified atom stereocenters. The maximum absolute atomic E-state index is 9.49. The monoisotopic (exact) mass is 740 g/mol. The first-order valence-electron chi connectivity index (χ1n) is 17.3. The minimum atomic E-state index is -0.761. The number of aliphatic hydroxyl groups is 2. The number of aromatic amines is 1. The van der Waals surface area contributed by atoms with E-state index in [1.54, 1.807) is 18.3 Å². The summed E-state index contributed by atoms with van der Waals surface area (Å²) in [7, 11) is 1.95. The fraction of sp³-hybridized carbons (Fsp3) is 0.359. The third kappa shape index (κ3) is 10.5. The third-order valence-electron chi connectivity index (χ3n) is 9.00. The Balaban J connectivity index is 1.32. The molecule has 0 spiro atoms. The summed E-state index contributed by atoms with van der Waals surface area (Å²) in [6.07, 6.45) is 3.18. The summed E-state index contributed by atoms with van der Waals surface area (Å²) in [4.78, 5) is 6.22. The second-order valence-electron chi connectivity index (χ2n) is 12.8. The summed E-state index contributed by atoms with van der Waals surface area (Å²) in [6, 6.07) is 19.6. The zero-order chi connectivity index (χ0) is 37.7. The molecule has 0 amide bonds. The van der Waals surface area contributed by atoms with Crippen molar-refractivity contribution in [3.05, 3.63) is 111 Å². The molecule has 0 fully saturated rings. The van der Waals surface area contributed by atoms with Crippen LogP contribution in [0.3, 0.4) is 0 Å². The van der Waals surface area contributed by atoms with Crippen molar-refractivity contribution in [2.24, 2.45) is 0 Å². The minimum absolute atomic E-state index is 0.139. The Kier molecular flexibility index (Phi) is 14.1. The van der Waals surface area contributed by atoms with Crippen LogP contribution in [0.25, 0.3) is 11.1 Å². The summed E-state index contributed by atoms with van der Waals surface area (Å²) in [5, 5.41) is 45.8. The van der Waals surface area contributed by atoms with Gasteiger partial charge >= 0.3 is 0 Å². The predicted molar refractivity (Wildman–Crippen MR) is 201 cm³/mol. The highest BCUT2D eigenvalue weighted by molar-refractivity contribution is 6.32. The SMILES string of the molecule is Cc1c(COc2cc(OCc3cncc(C#N)c3)c(CN(C)C(C)c3nn[nH]n3)cc2Cl)cccc1-c1cccc(OCCCNCC(O)CO)c1C. The maximum Gasteiger partial charge on any atom is 0.191 e. The maximum atomic E-state index is 9.49. The average Bonchev–Trinajstić information content (AvgIpc) is 3.71. The first kappa shape index (κ1) is 39.1. The van der Waals surface area contributed by atoms with Crippen LogP contribution in [-0.4, -0.2) is 80.2 Å². The summed E-state index contributed by atoms with van der Waals surface area (Å²) >= 11 is 6.86. The van der Waals surface area contributed by atoms with Crippen LogP contribution >= 0.6 is 11.6 Å². The standard InChI is InChI=1S/C39H45ClN8O5/c1-25-30(8-5-9-33(25)34-10-6-11-36(26(34)2)51-13-7-12-42-20-32(50)22-49)24-53-38-16-37(52-23-29-14-28(17-41)18-43-19-29)31(15-35(38)40)21-48(4)27(3)39-44-46-47-45-39/h5-6,8-11,14-16,18-19,27,32,42,49-50H,7,12-13,20-24H2,1-4H3,(H,44,45,46,47). The van der Waals surface area contributed by atoms with Gasteiger partial charge in [-0.3, -0.25) is 9.88 Å². The molecule has 4 N–H and O–H groups in total. The second-order valence-corrected chi connectivity index (χ2v) is 13.2. The van der Waals surface area contributed by atoms with E-state index in [9.17, 15) is 10.4 Å². The molecule has 0 bridgehead atoms. The van der Waals surface area contributed by atoms with Crippen molar-refractivity contribution >= 4 is 11.6 Å². The Morgan fingerprint density at radius 2 is 1.74 bits per heavy atom. The van der Waals surface area contributed by atoms with E-state index in [1.165, 1.54) is 6.20 Å². The molecule has 14 heteroatoms. The highest BCUT2D eigenvalue weighted by atomic mass is 35.5. The van der Waals surface area contributed by atoms with E-state index < -0.39 is 6.10 Å². The molecule has 0 aliphatic heterocycles. The molecule has 2 aromatic heterocycles. The summed E-state index contributed by atoms with van der Waals surface area (Å²) in [5.74, 6) is 2.43. The first-order chi connectivity index (χ1) is 25.7. The number of pyridine rings is 1. The summed E-state index contributed by atoms with van der Waals surface area (Å²) < 4.78 is 18.8. The van der Waals surface area contributed by atoms with Gasteiger partial charge in [0.05, 0.1) is 35.9 Å². The van der Waals surface area contributed by atoms with Crippen molar-refractivity contribution in [2.75, 3.05) is 33.4 Å². The van der Waals surface area contributed by atoms with Gasteiger partial charge in [0.15, 0.2) is 5.82 Å². The number of nitriles is 1. The molecule has 0 saturated heterocycles. The minimum Gasteiger partial charge on any atom is -0.493 e. The molecule has 53 heavy (non-hydrogen) atoms. The third-order valence-corrected chi connectivity index (χ3v) is 9.29. The van der Waals surface area contributed by atoms with Crippen LogP contribution in [0.4, 0.5) is 0 Å². The molecular weight excluding hydrogens is 696 g/mol. The van der Waals surface area contributed by atoms with E-state index in [4.69, 9.17) is 30.9 Å². The largest absolute Gasteiger partial charge is 0.493 e. The van der Waals surface area contributed by atoms with Crippen molar-refractivity contribution in [1.29, 1.82) is 5.26 Å². The van der Waals surface area contributed by atoms with E-state index in [1.807, 2.05) is 44.3 Å². The van der Waals surface area contributed by atoms with Crippen LogP contribution in [-0.2, 0) is 19.8 Å². The number of nitrogens with one attached hydrogen (secondary N) is 2. The average molecular weight is 741 g/mol. The van der Waals surface area contributed by atoms with Gasteiger partial charge in [-0.05, 0) is 86.8 Å². The lowest BCUT2D eigenvalue weighted by molar-refractivity contribution is 0.0942. The van der Waals surface area contributed by atoms with Gasteiger partial charge in [-0.2, -0.15) is 10.5 Å². The molecular formula is C39H45ClN8O5. The zero-order valence-electron chi connectivity index (χ0n) is 30.3. The van der Waals surface area contributed by atoms with Crippen LogP contribution in [0.1, 0.15) is 58.6 Å². The van der Waals surface area contributed by atoms with Gasteiger partial charge in [0.25, 0.3) is 0 Å². The van der Waals surface area contributed by atoms with Gasteiger partial charge in [-0.25, -0.2) is 0 Å². The van der Waals surface area contributed by atoms with E-state index in [0.717, 1.165) is 51.1 Å². The number of halogens is 1. The lowest BCUT2D eigenvalue weighted by atomic mass is 9.93. The zero-order valence-corrected chi connectivity index (χ0v) is 31.1. The molecule has 13 nitrogen and oxygen atoms in total. The molecule has 5 aromatic rings. The molecule has 278 valence electrons. The topological polar surface area (TPSA) is 175 Å². The van der Waals surface area contributed by atoms with Crippen LogP contribution in [0.15, 0.2) is 67.0 Å². The number of aliphatic hydroxyl groups excluding tert-OH is 2. The van der Waals surface area contributed by atoms with Gasteiger partial charge in [-0.15, -0.1) is 10.2 Å². The van der Waals surface area contributed by atoms with Crippen molar-refractivity contribution in [1.82, 2.24) is 35.8 Å². The van der Waals surface area contributed by atoms with E-state index in [-0.39, 0.29) is 25.9 Å². The second kappa shape index (κ2) is 19.1. The van der Waals surface area contributed by atoms with Crippen molar-refractivity contribution in [2.45, 2.75) is 59.1 Å². The first-order valence-corrected chi connectivity index (χ1v) is 17.7. The van der Waals surface area contributed by atoms with Gasteiger partial charge in [-0.1, -0.05) is 47.1 Å². The normalized spacial score (nSPS) is 12.4. The molecule has 0 saturated carbocycles. The van der Waals surface area contributed by atoms with Crippen LogP contribution < -0.4 is 19.5 Å². The molecule has 0 radical (unpaired) electrons. The number of H-pyrrole nitrogens is 1. The number of nitrogens with zero attached hydrogens (tertiary/aromatic N) is 6. The predicted octanol–water partition coefficient (Wildman–Crippen LogP) is 5.47.